The fourth-order valence-electron chi connectivity index (χ4n) is 5.04. The molecule has 7 atom stereocenters. The highest BCUT2D eigenvalue weighted by atomic mass is 35.5. The summed E-state index contributed by atoms with van der Waals surface area (Å²) in [6.45, 7) is 2.86. The van der Waals surface area contributed by atoms with E-state index in [0.29, 0.717) is 0 Å². The van der Waals surface area contributed by atoms with E-state index in [1.165, 1.54) is 0 Å². The Balaban J connectivity index is 1.76. The van der Waals surface area contributed by atoms with Gasteiger partial charge in [0, 0.05) is 30.3 Å². The van der Waals surface area contributed by atoms with Crippen molar-refractivity contribution in [2.75, 3.05) is 6.61 Å². The van der Waals surface area contributed by atoms with Crippen molar-refractivity contribution in [2.45, 2.75) is 40.0 Å². The van der Waals surface area contributed by atoms with Crippen molar-refractivity contribution in [3.8, 4) is 0 Å². The fourth-order valence-corrected chi connectivity index (χ4v) is 8.15. The van der Waals surface area contributed by atoms with Gasteiger partial charge in [0.15, 0.2) is 4.33 Å². The van der Waals surface area contributed by atoms with Crippen LogP contribution in [0.1, 0.15) is 19.8 Å². The van der Waals surface area contributed by atoms with E-state index >= 15 is 0 Å². The SMILES string of the molecule is CCCCOC1[C@H]2C=C[C@@H]1[C@H]1[C@@H]2[C@@]2(Cl)C(Cl)=C(Cl)[C@]1(Cl)C2(Cl)Cl. The molecule has 4 rings (SSSR count). The summed E-state index contributed by atoms with van der Waals surface area (Å²) >= 11 is 40.1. The Morgan fingerprint density at radius 3 is 1.87 bits per heavy atom. The van der Waals surface area contributed by atoms with Crippen LogP contribution >= 0.6 is 69.6 Å². The summed E-state index contributed by atoms with van der Waals surface area (Å²) < 4.78 is 4.71. The van der Waals surface area contributed by atoms with E-state index in [9.17, 15) is 0 Å². The zero-order chi connectivity index (χ0) is 16.8. The van der Waals surface area contributed by atoms with E-state index < -0.39 is 14.1 Å². The molecular weight excluding hydrogens is 421 g/mol. The van der Waals surface area contributed by atoms with Crippen molar-refractivity contribution in [3.63, 3.8) is 0 Å². The Hall–Kier alpha value is 1.18. The van der Waals surface area contributed by atoms with Crippen LogP contribution in [0.25, 0.3) is 0 Å². The topological polar surface area (TPSA) is 9.23 Å². The average molecular weight is 437 g/mol. The van der Waals surface area contributed by atoms with Crippen LogP contribution in [0.5, 0.6) is 0 Å². The van der Waals surface area contributed by atoms with Gasteiger partial charge < -0.3 is 4.74 Å². The highest BCUT2D eigenvalue weighted by molar-refractivity contribution is 6.65. The molecule has 23 heavy (non-hydrogen) atoms. The molecule has 0 saturated heterocycles. The zero-order valence-corrected chi connectivity index (χ0v) is 16.9. The average Bonchev–Trinajstić information content (AvgIpc) is 3.12. The molecule has 1 nitrogen and oxygen atoms in total. The van der Waals surface area contributed by atoms with Crippen molar-refractivity contribution in [1.29, 1.82) is 0 Å². The highest BCUT2D eigenvalue weighted by Gasteiger charge is 2.86. The zero-order valence-electron chi connectivity index (χ0n) is 12.3. The Kier molecular flexibility index (Phi) is 4.09. The number of ether oxygens (including phenoxy) is 1. The summed E-state index contributed by atoms with van der Waals surface area (Å²) in [5, 5.41) is 0.575. The molecular formula is C16H16Cl6O. The van der Waals surface area contributed by atoms with Gasteiger partial charge in [-0.15, -0.1) is 23.2 Å². The molecule has 1 unspecified atom stereocenters. The van der Waals surface area contributed by atoms with Crippen LogP contribution in [0.4, 0.5) is 0 Å². The standard InChI is InChI=1S/C16H16Cl6O/c1-2-3-6-23-11-7-4-5-8(11)10-9(7)14(19)12(17)13(18)15(10,20)16(14,21)22/h4-5,7-11H,2-3,6H2,1H3/t7-,8+,9+,10-,11?,14+,15-. The first-order valence-corrected chi connectivity index (χ1v) is 10.1. The number of hydrogen-bond donors (Lipinski definition) is 0. The van der Waals surface area contributed by atoms with Gasteiger partial charge in [0.25, 0.3) is 0 Å². The lowest BCUT2D eigenvalue weighted by Gasteiger charge is -2.36. The van der Waals surface area contributed by atoms with Crippen LogP contribution < -0.4 is 0 Å². The minimum Gasteiger partial charge on any atom is -0.377 e. The number of unbranched alkanes of at least 4 members (excludes halogenated alkanes) is 1. The molecule has 0 amide bonds. The molecule has 0 spiro atoms. The van der Waals surface area contributed by atoms with E-state index in [1.807, 2.05) is 0 Å². The van der Waals surface area contributed by atoms with Gasteiger partial charge in [-0.3, -0.25) is 0 Å². The summed E-state index contributed by atoms with van der Waals surface area (Å²) in [5.41, 5.74) is 0. The molecule has 2 fully saturated rings. The van der Waals surface area contributed by atoms with Gasteiger partial charge in [0.1, 0.15) is 9.75 Å². The maximum absolute atomic E-state index is 6.93. The number of alkyl halides is 4. The largest absolute Gasteiger partial charge is 0.377 e. The summed E-state index contributed by atoms with van der Waals surface area (Å²) in [6.07, 6.45) is 6.46. The number of hydrogen-bond acceptors (Lipinski definition) is 1. The lowest BCUT2D eigenvalue weighted by atomic mass is 9.75. The summed E-state index contributed by atoms with van der Waals surface area (Å²) in [4.78, 5) is -2.34. The molecule has 0 heterocycles. The van der Waals surface area contributed by atoms with E-state index in [4.69, 9.17) is 74.3 Å². The first-order chi connectivity index (χ1) is 10.7. The Labute approximate surface area is 166 Å². The molecule has 0 radical (unpaired) electrons. The van der Waals surface area contributed by atoms with E-state index in [1.54, 1.807) is 0 Å². The molecule has 7 heteroatoms. The second kappa shape index (κ2) is 5.35. The fraction of sp³-hybridized carbons (Fsp3) is 0.750. The van der Waals surface area contributed by atoms with Crippen molar-refractivity contribution >= 4 is 69.6 Å². The summed E-state index contributed by atoms with van der Waals surface area (Å²) in [7, 11) is 0. The van der Waals surface area contributed by atoms with Gasteiger partial charge in [0.05, 0.1) is 16.2 Å². The molecule has 0 N–H and O–H groups in total. The number of fused-ring (bicyclic) bond motifs is 9. The van der Waals surface area contributed by atoms with Crippen molar-refractivity contribution in [3.05, 3.63) is 22.2 Å². The minimum atomic E-state index is -1.44. The molecule has 4 bridgehead atoms. The van der Waals surface area contributed by atoms with Gasteiger partial charge in [-0.2, -0.15) is 0 Å². The predicted molar refractivity (Wildman–Crippen MR) is 98.1 cm³/mol. The van der Waals surface area contributed by atoms with Crippen LogP contribution in [0.2, 0.25) is 0 Å². The van der Waals surface area contributed by atoms with Crippen LogP contribution in [-0.4, -0.2) is 26.8 Å². The Morgan fingerprint density at radius 2 is 1.43 bits per heavy atom. The first kappa shape index (κ1) is 17.6. The lowest BCUT2D eigenvalue weighted by molar-refractivity contribution is 0.0179. The first-order valence-electron chi connectivity index (χ1n) is 7.86. The second-order valence-corrected chi connectivity index (χ2v) is 10.2. The van der Waals surface area contributed by atoms with Crippen molar-refractivity contribution in [2.24, 2.45) is 23.7 Å². The lowest BCUT2D eigenvalue weighted by Crippen LogP contribution is -2.47. The molecule has 0 aromatic heterocycles. The molecule has 0 aliphatic heterocycles. The third-order valence-electron chi connectivity index (χ3n) is 6.00. The predicted octanol–water partition coefficient (Wildman–Crippen LogP) is 6.07. The molecule has 2 saturated carbocycles. The molecule has 128 valence electrons. The smallest absolute Gasteiger partial charge is 0.166 e. The summed E-state index contributed by atoms with van der Waals surface area (Å²) in [5.74, 6) is 0.0623. The number of halogens is 6. The van der Waals surface area contributed by atoms with Gasteiger partial charge in [0.2, 0.25) is 0 Å². The van der Waals surface area contributed by atoms with Crippen LogP contribution in [0.15, 0.2) is 22.2 Å². The third kappa shape index (κ3) is 1.75. The van der Waals surface area contributed by atoms with Crippen LogP contribution in [0.3, 0.4) is 0 Å². The van der Waals surface area contributed by atoms with Gasteiger partial charge >= 0.3 is 0 Å². The third-order valence-corrected chi connectivity index (χ3v) is 10.3. The second-order valence-electron chi connectivity index (χ2n) is 6.91. The normalized spacial score (nSPS) is 51.9. The van der Waals surface area contributed by atoms with E-state index in [0.717, 1.165) is 19.4 Å². The van der Waals surface area contributed by atoms with Crippen LogP contribution in [-0.2, 0) is 4.74 Å². The molecule has 0 aromatic carbocycles. The Morgan fingerprint density at radius 1 is 0.957 bits per heavy atom. The monoisotopic (exact) mass is 434 g/mol. The van der Waals surface area contributed by atoms with Crippen molar-refractivity contribution < 1.29 is 4.74 Å². The van der Waals surface area contributed by atoms with Gasteiger partial charge in [-0.25, -0.2) is 0 Å². The maximum atomic E-state index is 6.93. The number of allylic oxidation sites excluding steroid dienone is 2. The van der Waals surface area contributed by atoms with Crippen LogP contribution in [0, 0.1) is 23.7 Å². The molecule has 4 aliphatic rings. The van der Waals surface area contributed by atoms with Gasteiger partial charge in [-0.1, -0.05) is 71.9 Å². The summed E-state index contributed by atoms with van der Waals surface area (Å²) in [6, 6.07) is 0. The molecule has 4 aliphatic carbocycles. The van der Waals surface area contributed by atoms with E-state index in [-0.39, 0.29) is 39.8 Å². The van der Waals surface area contributed by atoms with E-state index in [2.05, 4.69) is 19.1 Å². The molecule has 0 aromatic rings. The Bertz CT molecular complexity index is 572. The maximum Gasteiger partial charge on any atom is 0.166 e. The van der Waals surface area contributed by atoms with Gasteiger partial charge in [-0.05, 0) is 6.42 Å². The van der Waals surface area contributed by atoms with Crippen molar-refractivity contribution in [1.82, 2.24) is 0 Å². The minimum absolute atomic E-state index is 0.0456. The quantitative estimate of drug-likeness (QED) is 0.225. The highest BCUT2D eigenvalue weighted by Crippen LogP contribution is 2.81. The number of rotatable bonds is 4.